The van der Waals surface area contributed by atoms with Crippen molar-refractivity contribution in [2.24, 2.45) is 0 Å². The van der Waals surface area contributed by atoms with E-state index in [2.05, 4.69) is 5.32 Å². The van der Waals surface area contributed by atoms with E-state index < -0.39 is 5.97 Å². The lowest BCUT2D eigenvalue weighted by molar-refractivity contribution is -0.124. The van der Waals surface area contributed by atoms with Crippen molar-refractivity contribution in [3.05, 3.63) is 65.7 Å². The Labute approximate surface area is 140 Å². The Morgan fingerprint density at radius 1 is 1.00 bits per heavy atom. The van der Waals surface area contributed by atoms with Crippen LogP contribution in [0.1, 0.15) is 28.8 Å². The molecule has 0 aromatic heterocycles. The van der Waals surface area contributed by atoms with Gasteiger partial charge in [0, 0.05) is 6.04 Å². The molecule has 0 bridgehead atoms. The molecule has 1 aliphatic carbocycles. The predicted octanol–water partition coefficient (Wildman–Crippen LogP) is 2.70. The third-order valence-electron chi connectivity index (χ3n) is 3.62. The average molecular weight is 325 g/mol. The summed E-state index contributed by atoms with van der Waals surface area (Å²) in [5.41, 5.74) is 1.36. The lowest BCUT2D eigenvalue weighted by Gasteiger charge is -2.08. The van der Waals surface area contributed by atoms with Crippen molar-refractivity contribution < 1.29 is 19.1 Å². The third kappa shape index (κ3) is 4.84. The average Bonchev–Trinajstić information content (AvgIpc) is 3.43. The third-order valence-corrected chi connectivity index (χ3v) is 3.62. The quantitative estimate of drug-likeness (QED) is 0.795. The van der Waals surface area contributed by atoms with Crippen LogP contribution in [0.4, 0.5) is 0 Å². The van der Waals surface area contributed by atoms with Crippen LogP contribution in [0.5, 0.6) is 5.75 Å². The van der Waals surface area contributed by atoms with E-state index in [0.29, 0.717) is 12.2 Å². The Morgan fingerprint density at radius 3 is 2.38 bits per heavy atom. The molecule has 0 spiro atoms. The minimum Gasteiger partial charge on any atom is -0.489 e. The number of hydrogen-bond acceptors (Lipinski definition) is 4. The first kappa shape index (κ1) is 16.1. The van der Waals surface area contributed by atoms with Crippen molar-refractivity contribution in [2.75, 3.05) is 6.61 Å². The Kier molecular flexibility index (Phi) is 5.11. The fourth-order valence-corrected chi connectivity index (χ4v) is 2.13. The van der Waals surface area contributed by atoms with Crippen LogP contribution in [0.2, 0.25) is 0 Å². The first-order chi connectivity index (χ1) is 11.7. The van der Waals surface area contributed by atoms with Crippen molar-refractivity contribution in [2.45, 2.75) is 25.5 Å². The zero-order valence-corrected chi connectivity index (χ0v) is 13.2. The van der Waals surface area contributed by atoms with E-state index in [9.17, 15) is 9.59 Å². The molecular weight excluding hydrogens is 306 g/mol. The number of hydrogen-bond donors (Lipinski definition) is 1. The zero-order chi connectivity index (χ0) is 16.8. The van der Waals surface area contributed by atoms with Gasteiger partial charge in [-0.05, 0) is 42.7 Å². The smallest absolute Gasteiger partial charge is 0.338 e. The van der Waals surface area contributed by atoms with Gasteiger partial charge in [0.25, 0.3) is 5.91 Å². The molecule has 5 heteroatoms. The fourth-order valence-electron chi connectivity index (χ4n) is 2.13. The van der Waals surface area contributed by atoms with Crippen LogP contribution in [-0.2, 0) is 16.1 Å². The predicted molar refractivity (Wildman–Crippen MR) is 88.7 cm³/mol. The molecule has 1 aliphatic rings. The summed E-state index contributed by atoms with van der Waals surface area (Å²) in [6.45, 7) is 0.178. The van der Waals surface area contributed by atoms with Crippen molar-refractivity contribution in [3.63, 3.8) is 0 Å². The second-order valence-corrected chi connectivity index (χ2v) is 5.72. The summed E-state index contributed by atoms with van der Waals surface area (Å²) in [6, 6.07) is 16.7. The number of ether oxygens (including phenoxy) is 2. The summed E-state index contributed by atoms with van der Waals surface area (Å²) < 4.78 is 10.7. The number of carbonyl (C=O) groups excluding carboxylic acids is 2. The zero-order valence-electron chi connectivity index (χ0n) is 13.2. The number of nitrogens with one attached hydrogen (secondary N) is 1. The number of amides is 1. The molecule has 1 fully saturated rings. The molecule has 0 unspecified atom stereocenters. The van der Waals surface area contributed by atoms with Gasteiger partial charge >= 0.3 is 5.97 Å². The van der Waals surface area contributed by atoms with Crippen LogP contribution in [-0.4, -0.2) is 24.5 Å². The van der Waals surface area contributed by atoms with Gasteiger partial charge in [0.05, 0.1) is 5.56 Å². The molecule has 124 valence electrons. The van der Waals surface area contributed by atoms with Gasteiger partial charge in [-0.2, -0.15) is 0 Å². The molecule has 0 atom stereocenters. The summed E-state index contributed by atoms with van der Waals surface area (Å²) in [5, 5.41) is 2.77. The van der Waals surface area contributed by atoms with Gasteiger partial charge < -0.3 is 14.8 Å². The highest BCUT2D eigenvalue weighted by atomic mass is 16.5. The summed E-state index contributed by atoms with van der Waals surface area (Å²) in [4.78, 5) is 23.4. The Hall–Kier alpha value is -2.82. The molecule has 3 rings (SSSR count). The van der Waals surface area contributed by atoms with Crippen molar-refractivity contribution in [1.82, 2.24) is 5.32 Å². The van der Waals surface area contributed by atoms with E-state index in [1.807, 2.05) is 42.5 Å². The Bertz CT molecular complexity index is 693. The maximum absolute atomic E-state index is 11.9. The number of esters is 1. The standard InChI is InChI=1S/C19H19NO4/c21-18(20-16-10-11-16)13-24-19(22)15-8-6-14(7-9-15)12-23-17-4-2-1-3-5-17/h1-9,16H,10-13H2,(H,20,21). The molecule has 24 heavy (non-hydrogen) atoms. The highest BCUT2D eigenvalue weighted by Crippen LogP contribution is 2.18. The van der Waals surface area contributed by atoms with Gasteiger partial charge in [0.2, 0.25) is 0 Å². The van der Waals surface area contributed by atoms with E-state index >= 15 is 0 Å². The van der Waals surface area contributed by atoms with Crippen LogP contribution in [0.25, 0.3) is 0 Å². The largest absolute Gasteiger partial charge is 0.489 e. The summed E-state index contributed by atoms with van der Waals surface area (Å²) in [5.74, 6) is 0.0397. The number of benzene rings is 2. The topological polar surface area (TPSA) is 64.6 Å². The second-order valence-electron chi connectivity index (χ2n) is 5.72. The maximum atomic E-state index is 11.9. The highest BCUT2D eigenvalue weighted by molar-refractivity contribution is 5.91. The van der Waals surface area contributed by atoms with Gasteiger partial charge in [-0.25, -0.2) is 4.79 Å². The monoisotopic (exact) mass is 325 g/mol. The van der Waals surface area contributed by atoms with Gasteiger partial charge in [-0.3, -0.25) is 4.79 Å². The van der Waals surface area contributed by atoms with Crippen LogP contribution >= 0.6 is 0 Å². The molecule has 2 aromatic rings. The van der Waals surface area contributed by atoms with Crippen LogP contribution < -0.4 is 10.1 Å². The molecule has 0 aliphatic heterocycles. The van der Waals surface area contributed by atoms with Crippen molar-refractivity contribution >= 4 is 11.9 Å². The van der Waals surface area contributed by atoms with Gasteiger partial charge in [-0.1, -0.05) is 30.3 Å². The van der Waals surface area contributed by atoms with E-state index in [-0.39, 0.29) is 18.6 Å². The fraction of sp³-hybridized carbons (Fsp3) is 0.263. The van der Waals surface area contributed by atoms with Gasteiger partial charge in [0.15, 0.2) is 6.61 Å². The molecule has 1 N–H and O–H groups in total. The summed E-state index contributed by atoms with van der Waals surface area (Å²) in [6.07, 6.45) is 2.01. The van der Waals surface area contributed by atoms with Gasteiger partial charge in [0.1, 0.15) is 12.4 Å². The molecule has 5 nitrogen and oxygen atoms in total. The molecule has 0 heterocycles. The maximum Gasteiger partial charge on any atom is 0.338 e. The lowest BCUT2D eigenvalue weighted by atomic mass is 10.1. The number of rotatable bonds is 7. The summed E-state index contributed by atoms with van der Waals surface area (Å²) in [7, 11) is 0. The van der Waals surface area contributed by atoms with Crippen LogP contribution in [0.3, 0.4) is 0 Å². The minimum absolute atomic E-state index is 0.242. The first-order valence-electron chi connectivity index (χ1n) is 7.94. The van der Waals surface area contributed by atoms with Crippen LogP contribution in [0, 0.1) is 0 Å². The molecule has 0 radical (unpaired) electrons. The minimum atomic E-state index is -0.503. The number of carbonyl (C=O) groups is 2. The van der Waals surface area contributed by atoms with Gasteiger partial charge in [-0.15, -0.1) is 0 Å². The Morgan fingerprint density at radius 2 is 1.71 bits per heavy atom. The van der Waals surface area contributed by atoms with E-state index in [4.69, 9.17) is 9.47 Å². The van der Waals surface area contributed by atoms with Crippen molar-refractivity contribution in [1.29, 1.82) is 0 Å². The van der Waals surface area contributed by atoms with E-state index in [1.54, 1.807) is 12.1 Å². The normalized spacial score (nSPS) is 13.2. The van der Waals surface area contributed by atoms with Crippen molar-refractivity contribution in [3.8, 4) is 5.75 Å². The first-order valence-corrected chi connectivity index (χ1v) is 7.94. The van der Waals surface area contributed by atoms with E-state index in [1.165, 1.54) is 0 Å². The summed E-state index contributed by atoms with van der Waals surface area (Å²) >= 11 is 0. The Balaban J connectivity index is 1.46. The van der Waals surface area contributed by atoms with E-state index in [0.717, 1.165) is 24.2 Å². The molecule has 0 saturated heterocycles. The molecule has 2 aromatic carbocycles. The molecule has 1 saturated carbocycles. The lowest BCUT2D eigenvalue weighted by Crippen LogP contribution is -2.30. The second kappa shape index (κ2) is 7.64. The molecule has 1 amide bonds. The number of para-hydroxylation sites is 1. The van der Waals surface area contributed by atoms with Crippen LogP contribution in [0.15, 0.2) is 54.6 Å². The SMILES string of the molecule is O=C(COC(=O)c1ccc(COc2ccccc2)cc1)NC1CC1. The highest BCUT2D eigenvalue weighted by Gasteiger charge is 2.23. The molecular formula is C19H19NO4.